The van der Waals surface area contributed by atoms with Gasteiger partial charge in [-0.15, -0.1) is 11.3 Å². The first kappa shape index (κ1) is 18.5. The van der Waals surface area contributed by atoms with Gasteiger partial charge in [-0.3, -0.25) is 19.7 Å². The highest BCUT2D eigenvalue weighted by Gasteiger charge is 2.15. The SMILES string of the molecule is CN(Cc1nc2ccccc2s1)C(=O)CNC(=O)c1cccc([N+](=O)[O-])c1. The van der Waals surface area contributed by atoms with E-state index in [2.05, 4.69) is 10.3 Å². The molecule has 8 nitrogen and oxygen atoms in total. The van der Waals surface area contributed by atoms with Crippen LogP contribution in [0.5, 0.6) is 0 Å². The van der Waals surface area contributed by atoms with Crippen molar-refractivity contribution in [3.05, 3.63) is 69.2 Å². The zero-order valence-electron chi connectivity index (χ0n) is 14.4. The van der Waals surface area contributed by atoms with Gasteiger partial charge >= 0.3 is 0 Å². The standard InChI is InChI=1S/C18H16N4O4S/c1-21(11-16-20-14-7-2-3-8-15(14)27-16)17(23)10-19-18(24)12-5-4-6-13(9-12)22(25)26/h2-9H,10-11H2,1H3,(H,19,24). The Morgan fingerprint density at radius 1 is 1.22 bits per heavy atom. The van der Waals surface area contributed by atoms with Crippen LogP contribution in [0.2, 0.25) is 0 Å². The smallest absolute Gasteiger partial charge is 0.270 e. The maximum Gasteiger partial charge on any atom is 0.270 e. The van der Waals surface area contributed by atoms with Gasteiger partial charge < -0.3 is 10.2 Å². The zero-order chi connectivity index (χ0) is 19.4. The number of nitrogens with zero attached hydrogens (tertiary/aromatic N) is 3. The maximum absolute atomic E-state index is 12.3. The number of thiazole rings is 1. The number of hydrogen-bond acceptors (Lipinski definition) is 6. The Kier molecular flexibility index (Phi) is 5.41. The van der Waals surface area contributed by atoms with Gasteiger partial charge in [-0.1, -0.05) is 18.2 Å². The summed E-state index contributed by atoms with van der Waals surface area (Å²) in [6.07, 6.45) is 0. The van der Waals surface area contributed by atoms with Gasteiger partial charge in [0.1, 0.15) is 5.01 Å². The quantitative estimate of drug-likeness (QED) is 0.519. The average Bonchev–Trinajstić information content (AvgIpc) is 3.08. The Morgan fingerprint density at radius 2 is 2.00 bits per heavy atom. The van der Waals surface area contributed by atoms with E-state index in [-0.39, 0.29) is 23.7 Å². The molecule has 2 aromatic carbocycles. The van der Waals surface area contributed by atoms with E-state index >= 15 is 0 Å². The molecule has 0 fully saturated rings. The van der Waals surface area contributed by atoms with Crippen LogP contribution in [-0.4, -0.2) is 40.2 Å². The molecule has 1 N–H and O–H groups in total. The number of carbonyl (C=O) groups is 2. The highest BCUT2D eigenvalue weighted by atomic mass is 32.1. The molecule has 0 atom stereocenters. The lowest BCUT2D eigenvalue weighted by Crippen LogP contribution is -2.37. The van der Waals surface area contributed by atoms with E-state index in [0.29, 0.717) is 6.54 Å². The van der Waals surface area contributed by atoms with Crippen LogP contribution in [-0.2, 0) is 11.3 Å². The number of nitro groups is 1. The molecule has 0 aliphatic heterocycles. The van der Waals surface area contributed by atoms with Crippen LogP contribution in [0.1, 0.15) is 15.4 Å². The molecule has 0 bridgehead atoms. The van der Waals surface area contributed by atoms with Crippen molar-refractivity contribution >= 4 is 39.1 Å². The number of hydrogen-bond donors (Lipinski definition) is 1. The third-order valence-corrected chi connectivity index (χ3v) is 4.88. The normalized spacial score (nSPS) is 10.6. The Morgan fingerprint density at radius 3 is 2.74 bits per heavy atom. The second-order valence-corrected chi connectivity index (χ2v) is 6.93. The Labute approximate surface area is 158 Å². The van der Waals surface area contributed by atoms with E-state index < -0.39 is 10.8 Å². The van der Waals surface area contributed by atoms with Crippen LogP contribution in [0, 0.1) is 10.1 Å². The molecule has 3 rings (SSSR count). The first-order chi connectivity index (χ1) is 12.9. The zero-order valence-corrected chi connectivity index (χ0v) is 15.2. The lowest BCUT2D eigenvalue weighted by Gasteiger charge is -2.16. The Hall–Kier alpha value is -3.33. The molecule has 0 saturated heterocycles. The highest BCUT2D eigenvalue weighted by Crippen LogP contribution is 2.22. The molecule has 27 heavy (non-hydrogen) atoms. The monoisotopic (exact) mass is 384 g/mol. The summed E-state index contributed by atoms with van der Waals surface area (Å²) in [6.45, 7) is 0.133. The van der Waals surface area contributed by atoms with Gasteiger partial charge in [-0.25, -0.2) is 4.98 Å². The molecular formula is C18H16N4O4S. The van der Waals surface area contributed by atoms with Gasteiger partial charge in [0.05, 0.1) is 28.2 Å². The number of benzene rings is 2. The van der Waals surface area contributed by atoms with E-state index in [1.54, 1.807) is 7.05 Å². The first-order valence-corrected chi connectivity index (χ1v) is 8.87. The Bertz CT molecular complexity index is 984. The second kappa shape index (κ2) is 7.92. The summed E-state index contributed by atoms with van der Waals surface area (Å²) in [7, 11) is 1.63. The van der Waals surface area contributed by atoms with Crippen molar-refractivity contribution in [2.45, 2.75) is 6.54 Å². The lowest BCUT2D eigenvalue weighted by molar-refractivity contribution is -0.384. The number of nitro benzene ring substituents is 1. The largest absolute Gasteiger partial charge is 0.343 e. The second-order valence-electron chi connectivity index (χ2n) is 5.82. The molecule has 138 valence electrons. The molecule has 0 spiro atoms. The van der Waals surface area contributed by atoms with Crippen molar-refractivity contribution in [2.24, 2.45) is 0 Å². The van der Waals surface area contributed by atoms with Crippen LogP contribution in [0.4, 0.5) is 5.69 Å². The number of para-hydroxylation sites is 1. The summed E-state index contributed by atoms with van der Waals surface area (Å²) < 4.78 is 1.05. The van der Waals surface area contributed by atoms with Crippen LogP contribution in [0.15, 0.2) is 48.5 Å². The van der Waals surface area contributed by atoms with Crippen LogP contribution < -0.4 is 5.32 Å². The average molecular weight is 384 g/mol. The van der Waals surface area contributed by atoms with Gasteiger partial charge in [0.15, 0.2) is 0 Å². The summed E-state index contributed by atoms with van der Waals surface area (Å²) >= 11 is 1.51. The van der Waals surface area contributed by atoms with Crippen molar-refractivity contribution < 1.29 is 14.5 Å². The van der Waals surface area contributed by atoms with Gasteiger partial charge in [0, 0.05) is 24.7 Å². The summed E-state index contributed by atoms with van der Waals surface area (Å²) in [5, 5.41) is 14.1. The van der Waals surface area contributed by atoms with E-state index in [0.717, 1.165) is 15.2 Å². The fourth-order valence-electron chi connectivity index (χ4n) is 2.43. The van der Waals surface area contributed by atoms with Gasteiger partial charge in [-0.05, 0) is 18.2 Å². The third kappa shape index (κ3) is 4.45. The van der Waals surface area contributed by atoms with Crippen LogP contribution >= 0.6 is 11.3 Å². The van der Waals surface area contributed by atoms with Gasteiger partial charge in [0.25, 0.3) is 11.6 Å². The number of carbonyl (C=O) groups excluding carboxylic acids is 2. The van der Waals surface area contributed by atoms with Crippen LogP contribution in [0.25, 0.3) is 10.2 Å². The van der Waals surface area contributed by atoms with E-state index in [4.69, 9.17) is 0 Å². The predicted molar refractivity (Wildman–Crippen MR) is 102 cm³/mol. The number of fused-ring (bicyclic) bond motifs is 1. The lowest BCUT2D eigenvalue weighted by atomic mass is 10.2. The Balaban J connectivity index is 1.57. The minimum Gasteiger partial charge on any atom is -0.343 e. The molecule has 3 aromatic rings. The van der Waals surface area contributed by atoms with Crippen molar-refractivity contribution in [3.8, 4) is 0 Å². The number of nitrogens with one attached hydrogen (secondary N) is 1. The molecule has 1 aromatic heterocycles. The fraction of sp³-hybridized carbons (Fsp3) is 0.167. The molecular weight excluding hydrogens is 368 g/mol. The highest BCUT2D eigenvalue weighted by molar-refractivity contribution is 7.18. The molecule has 1 heterocycles. The molecule has 0 saturated carbocycles. The molecule has 0 radical (unpaired) electrons. The van der Waals surface area contributed by atoms with E-state index in [1.165, 1.54) is 40.5 Å². The number of rotatable bonds is 6. The minimum absolute atomic E-state index is 0.130. The molecule has 0 unspecified atom stereocenters. The van der Waals surface area contributed by atoms with Gasteiger partial charge in [0.2, 0.25) is 5.91 Å². The molecule has 2 amide bonds. The van der Waals surface area contributed by atoms with Crippen molar-refractivity contribution in [2.75, 3.05) is 13.6 Å². The van der Waals surface area contributed by atoms with E-state index in [1.807, 2.05) is 24.3 Å². The number of aromatic nitrogens is 1. The number of amides is 2. The minimum atomic E-state index is -0.576. The van der Waals surface area contributed by atoms with Crippen LogP contribution in [0.3, 0.4) is 0 Å². The molecule has 0 aliphatic rings. The number of non-ortho nitro benzene ring substituents is 1. The van der Waals surface area contributed by atoms with Crippen molar-refractivity contribution in [1.29, 1.82) is 0 Å². The maximum atomic E-state index is 12.3. The fourth-order valence-corrected chi connectivity index (χ4v) is 3.45. The number of likely N-dealkylation sites (N-methyl/N-ethyl adjacent to an activating group) is 1. The predicted octanol–water partition coefficient (Wildman–Crippen LogP) is 2.59. The van der Waals surface area contributed by atoms with Crippen molar-refractivity contribution in [3.63, 3.8) is 0 Å². The van der Waals surface area contributed by atoms with E-state index in [9.17, 15) is 19.7 Å². The summed E-state index contributed by atoms with van der Waals surface area (Å²) in [5.74, 6) is -0.825. The summed E-state index contributed by atoms with van der Waals surface area (Å²) in [6, 6.07) is 13.1. The van der Waals surface area contributed by atoms with Gasteiger partial charge in [-0.2, -0.15) is 0 Å². The van der Waals surface area contributed by atoms with Crippen molar-refractivity contribution in [1.82, 2.24) is 15.2 Å². The summed E-state index contributed by atoms with van der Waals surface area (Å²) in [4.78, 5) is 40.5. The third-order valence-electron chi connectivity index (χ3n) is 3.86. The molecule has 0 aliphatic carbocycles. The molecule has 9 heteroatoms. The summed E-state index contributed by atoms with van der Waals surface area (Å²) in [5.41, 5.74) is 0.838. The first-order valence-electron chi connectivity index (χ1n) is 8.05. The topological polar surface area (TPSA) is 105 Å².